The van der Waals surface area contributed by atoms with Crippen molar-refractivity contribution in [3.63, 3.8) is 0 Å². The molecule has 0 radical (unpaired) electrons. The summed E-state index contributed by atoms with van der Waals surface area (Å²) in [5.41, 5.74) is 3.00. The molecule has 148 valence electrons. The lowest BCUT2D eigenvalue weighted by molar-refractivity contribution is 0.0945. The lowest BCUT2D eigenvalue weighted by atomic mass is 10.1. The third kappa shape index (κ3) is 5.92. The quantitative estimate of drug-likeness (QED) is 0.743. The van der Waals surface area contributed by atoms with E-state index < -0.39 is 0 Å². The summed E-state index contributed by atoms with van der Waals surface area (Å²) in [5.74, 6) is 0.656. The first-order chi connectivity index (χ1) is 13.6. The maximum atomic E-state index is 12.4. The number of rotatable bonds is 7. The van der Waals surface area contributed by atoms with Crippen molar-refractivity contribution in [3.05, 3.63) is 71.6 Å². The molecule has 0 unspecified atom stereocenters. The minimum atomic E-state index is -0.106. The molecule has 5 nitrogen and oxygen atoms in total. The SMILES string of the molecule is C/C=C(\C)CN1CCC(Oc2cccc(C(=O)NCc3cccnc3)c2)CC1. The Kier molecular flexibility index (Phi) is 7.20. The molecule has 1 saturated heterocycles. The molecule has 0 bridgehead atoms. The molecule has 2 heterocycles. The largest absolute Gasteiger partial charge is 0.490 e. The van der Waals surface area contributed by atoms with Gasteiger partial charge in [0, 0.05) is 44.1 Å². The van der Waals surface area contributed by atoms with Crippen LogP contribution < -0.4 is 10.1 Å². The fraction of sp³-hybridized carbons (Fsp3) is 0.391. The standard InChI is InChI=1S/C23H29N3O2/c1-3-18(2)17-26-12-9-21(10-13-26)28-22-8-4-7-20(14-22)23(27)25-16-19-6-5-11-24-15-19/h3-8,11,14-15,21H,9-10,12-13,16-17H2,1-2H3,(H,25,27)/b18-3+. The maximum absolute atomic E-state index is 12.4. The van der Waals surface area contributed by atoms with Crippen molar-refractivity contribution in [2.24, 2.45) is 0 Å². The zero-order valence-electron chi connectivity index (χ0n) is 16.7. The predicted molar refractivity (Wildman–Crippen MR) is 111 cm³/mol. The molecular formula is C23H29N3O2. The molecule has 5 heteroatoms. The lowest BCUT2D eigenvalue weighted by Gasteiger charge is -2.32. The summed E-state index contributed by atoms with van der Waals surface area (Å²) in [6.45, 7) is 7.85. The van der Waals surface area contributed by atoms with Crippen molar-refractivity contribution in [3.8, 4) is 5.75 Å². The fourth-order valence-corrected chi connectivity index (χ4v) is 3.32. The summed E-state index contributed by atoms with van der Waals surface area (Å²) < 4.78 is 6.16. The molecule has 0 saturated carbocycles. The number of allylic oxidation sites excluding steroid dienone is 1. The Labute approximate surface area is 167 Å². The third-order valence-electron chi connectivity index (χ3n) is 5.08. The number of nitrogens with one attached hydrogen (secondary N) is 1. The molecule has 1 N–H and O–H groups in total. The molecule has 1 aliphatic rings. The summed E-state index contributed by atoms with van der Waals surface area (Å²) in [5, 5.41) is 2.93. The summed E-state index contributed by atoms with van der Waals surface area (Å²) in [7, 11) is 0. The number of piperidine rings is 1. The third-order valence-corrected chi connectivity index (χ3v) is 5.08. The van der Waals surface area contributed by atoms with Gasteiger partial charge in [-0.1, -0.05) is 23.8 Å². The fourth-order valence-electron chi connectivity index (χ4n) is 3.32. The van der Waals surface area contributed by atoms with Crippen molar-refractivity contribution < 1.29 is 9.53 Å². The lowest BCUT2D eigenvalue weighted by Crippen LogP contribution is -2.39. The van der Waals surface area contributed by atoms with Crippen LogP contribution in [0.3, 0.4) is 0 Å². The monoisotopic (exact) mass is 379 g/mol. The van der Waals surface area contributed by atoms with E-state index in [4.69, 9.17) is 4.74 Å². The number of ether oxygens (including phenoxy) is 1. The minimum Gasteiger partial charge on any atom is -0.490 e. The van der Waals surface area contributed by atoms with Gasteiger partial charge < -0.3 is 10.1 Å². The molecule has 28 heavy (non-hydrogen) atoms. The Bertz CT molecular complexity index is 797. The number of nitrogens with zero attached hydrogens (tertiary/aromatic N) is 2. The van der Waals surface area contributed by atoms with Gasteiger partial charge in [0.15, 0.2) is 0 Å². The second-order valence-electron chi connectivity index (χ2n) is 7.30. The summed E-state index contributed by atoms with van der Waals surface area (Å²) >= 11 is 0. The van der Waals surface area contributed by atoms with Crippen LogP contribution in [0.15, 0.2) is 60.4 Å². The second kappa shape index (κ2) is 10.0. The van der Waals surface area contributed by atoms with Crippen LogP contribution in [0.4, 0.5) is 0 Å². The van der Waals surface area contributed by atoms with Gasteiger partial charge in [-0.2, -0.15) is 0 Å². The molecule has 1 aromatic carbocycles. The number of hydrogen-bond donors (Lipinski definition) is 1. The summed E-state index contributed by atoms with van der Waals surface area (Å²) in [4.78, 5) is 19.0. The van der Waals surface area contributed by atoms with Crippen molar-refractivity contribution in [1.82, 2.24) is 15.2 Å². The molecule has 0 aliphatic carbocycles. The van der Waals surface area contributed by atoms with Crippen LogP contribution in [-0.4, -0.2) is 41.5 Å². The predicted octanol–water partition coefficient (Wildman–Crippen LogP) is 3.82. The molecular weight excluding hydrogens is 350 g/mol. The van der Waals surface area contributed by atoms with E-state index in [-0.39, 0.29) is 12.0 Å². The van der Waals surface area contributed by atoms with Crippen LogP contribution in [0.25, 0.3) is 0 Å². The molecule has 0 atom stereocenters. The Hall–Kier alpha value is -2.66. The number of carbonyl (C=O) groups excluding carboxylic acids is 1. The first kappa shape index (κ1) is 20.1. The average molecular weight is 380 g/mol. The van der Waals surface area contributed by atoms with Gasteiger partial charge in [-0.15, -0.1) is 0 Å². The Balaban J connectivity index is 1.50. The first-order valence-corrected chi connectivity index (χ1v) is 9.92. The van der Waals surface area contributed by atoms with Gasteiger partial charge in [0.1, 0.15) is 11.9 Å². The zero-order valence-corrected chi connectivity index (χ0v) is 16.7. The van der Waals surface area contributed by atoms with Gasteiger partial charge in [-0.05, 0) is 56.5 Å². The van der Waals surface area contributed by atoms with Crippen LogP contribution in [0.2, 0.25) is 0 Å². The number of benzene rings is 1. The van der Waals surface area contributed by atoms with E-state index in [2.05, 4.69) is 35.1 Å². The second-order valence-corrected chi connectivity index (χ2v) is 7.30. The first-order valence-electron chi connectivity index (χ1n) is 9.92. The van der Waals surface area contributed by atoms with Gasteiger partial charge in [0.25, 0.3) is 5.91 Å². The number of aromatic nitrogens is 1. The van der Waals surface area contributed by atoms with Crippen LogP contribution in [0.1, 0.15) is 42.6 Å². The van der Waals surface area contributed by atoms with E-state index in [0.717, 1.165) is 43.8 Å². The Morgan fingerprint density at radius 3 is 2.82 bits per heavy atom. The summed E-state index contributed by atoms with van der Waals surface area (Å²) in [6, 6.07) is 11.2. The van der Waals surface area contributed by atoms with Crippen molar-refractivity contribution in [2.75, 3.05) is 19.6 Å². The van der Waals surface area contributed by atoms with Gasteiger partial charge in [0.2, 0.25) is 0 Å². The number of amides is 1. The van der Waals surface area contributed by atoms with E-state index >= 15 is 0 Å². The molecule has 3 rings (SSSR count). The highest BCUT2D eigenvalue weighted by molar-refractivity contribution is 5.94. The maximum Gasteiger partial charge on any atom is 0.251 e. The van der Waals surface area contributed by atoms with Crippen LogP contribution in [-0.2, 0) is 6.54 Å². The number of hydrogen-bond acceptors (Lipinski definition) is 4. The molecule has 0 spiro atoms. The van der Waals surface area contributed by atoms with E-state index in [1.54, 1.807) is 12.4 Å². The Morgan fingerprint density at radius 2 is 2.11 bits per heavy atom. The smallest absolute Gasteiger partial charge is 0.251 e. The molecule has 1 fully saturated rings. The van der Waals surface area contributed by atoms with Crippen LogP contribution in [0.5, 0.6) is 5.75 Å². The molecule has 1 aromatic heterocycles. The van der Waals surface area contributed by atoms with E-state index in [1.807, 2.05) is 36.4 Å². The van der Waals surface area contributed by atoms with Crippen LogP contribution >= 0.6 is 0 Å². The average Bonchev–Trinajstić information content (AvgIpc) is 2.74. The minimum absolute atomic E-state index is 0.106. The highest BCUT2D eigenvalue weighted by atomic mass is 16.5. The van der Waals surface area contributed by atoms with Gasteiger partial charge >= 0.3 is 0 Å². The zero-order chi connectivity index (χ0) is 19.8. The van der Waals surface area contributed by atoms with Gasteiger partial charge in [-0.25, -0.2) is 0 Å². The number of likely N-dealkylation sites (tertiary alicyclic amines) is 1. The van der Waals surface area contributed by atoms with Crippen molar-refractivity contribution in [1.29, 1.82) is 0 Å². The van der Waals surface area contributed by atoms with Gasteiger partial charge in [0.05, 0.1) is 0 Å². The highest BCUT2D eigenvalue weighted by Crippen LogP contribution is 2.21. The van der Waals surface area contributed by atoms with Crippen LogP contribution in [0, 0.1) is 0 Å². The normalized spacial score (nSPS) is 16.0. The molecule has 1 amide bonds. The number of pyridine rings is 1. The van der Waals surface area contributed by atoms with E-state index in [9.17, 15) is 4.79 Å². The summed E-state index contributed by atoms with van der Waals surface area (Å²) in [6.07, 6.45) is 7.87. The number of carbonyl (C=O) groups is 1. The van der Waals surface area contributed by atoms with E-state index in [0.29, 0.717) is 12.1 Å². The highest BCUT2D eigenvalue weighted by Gasteiger charge is 2.20. The van der Waals surface area contributed by atoms with Crippen molar-refractivity contribution >= 4 is 5.91 Å². The molecule has 2 aromatic rings. The Morgan fingerprint density at radius 1 is 1.29 bits per heavy atom. The van der Waals surface area contributed by atoms with Crippen molar-refractivity contribution in [2.45, 2.75) is 39.3 Å². The topological polar surface area (TPSA) is 54.5 Å². The van der Waals surface area contributed by atoms with E-state index in [1.165, 1.54) is 5.57 Å². The van der Waals surface area contributed by atoms with Gasteiger partial charge in [-0.3, -0.25) is 14.7 Å². The molecule has 1 aliphatic heterocycles.